The first kappa shape index (κ1) is 12.6. The third-order valence-electron chi connectivity index (χ3n) is 2.23. The summed E-state index contributed by atoms with van der Waals surface area (Å²) >= 11 is 1.86. The van der Waals surface area contributed by atoms with Crippen LogP contribution in [0.1, 0.15) is 11.6 Å². The van der Waals surface area contributed by atoms with E-state index in [0.29, 0.717) is 6.04 Å². The molecule has 1 aromatic carbocycles. The van der Waals surface area contributed by atoms with Gasteiger partial charge in [0.05, 0.1) is 6.61 Å². The van der Waals surface area contributed by atoms with Crippen molar-refractivity contribution in [2.24, 2.45) is 0 Å². The summed E-state index contributed by atoms with van der Waals surface area (Å²) in [4.78, 5) is 0. The molecule has 0 saturated heterocycles. The van der Waals surface area contributed by atoms with Crippen molar-refractivity contribution in [2.45, 2.75) is 6.04 Å². The van der Waals surface area contributed by atoms with E-state index in [-0.39, 0.29) is 0 Å². The predicted octanol–water partition coefficient (Wildman–Crippen LogP) is 2.33. The van der Waals surface area contributed by atoms with E-state index >= 15 is 0 Å². The van der Waals surface area contributed by atoms with Crippen molar-refractivity contribution in [1.29, 1.82) is 0 Å². The van der Waals surface area contributed by atoms with E-state index in [9.17, 15) is 0 Å². The minimum Gasteiger partial charge on any atom is -0.383 e. The topological polar surface area (TPSA) is 21.3 Å². The summed E-state index contributed by atoms with van der Waals surface area (Å²) in [5, 5.41) is 3.49. The molecule has 3 heteroatoms. The summed E-state index contributed by atoms with van der Waals surface area (Å²) < 4.78 is 5.04. The van der Waals surface area contributed by atoms with Crippen LogP contribution in [0.5, 0.6) is 0 Å². The lowest BCUT2D eigenvalue weighted by Gasteiger charge is -2.17. The summed E-state index contributed by atoms with van der Waals surface area (Å²) in [7, 11) is 1.73. The van der Waals surface area contributed by atoms with Crippen LogP contribution in [0.3, 0.4) is 0 Å². The molecular weight excluding hydrogens is 206 g/mol. The van der Waals surface area contributed by atoms with Gasteiger partial charge in [0.2, 0.25) is 0 Å². The highest BCUT2D eigenvalue weighted by Crippen LogP contribution is 2.16. The number of ether oxygens (including phenoxy) is 1. The van der Waals surface area contributed by atoms with Gasteiger partial charge < -0.3 is 10.1 Å². The Kier molecular flexibility index (Phi) is 6.48. The summed E-state index contributed by atoms with van der Waals surface area (Å²) in [6.07, 6.45) is 2.13. The predicted molar refractivity (Wildman–Crippen MR) is 67.4 cm³/mol. The van der Waals surface area contributed by atoms with Crippen LogP contribution < -0.4 is 5.32 Å². The number of hydrogen-bond donors (Lipinski definition) is 1. The molecule has 1 rings (SSSR count). The molecule has 0 saturated carbocycles. The number of thioether (sulfide) groups is 1. The summed E-state index contributed by atoms with van der Waals surface area (Å²) in [6.45, 7) is 1.66. The van der Waals surface area contributed by atoms with Crippen LogP contribution in [0.2, 0.25) is 0 Å². The Morgan fingerprint density at radius 2 is 2.07 bits per heavy atom. The molecule has 0 aliphatic rings. The Morgan fingerprint density at radius 3 is 2.67 bits per heavy atom. The fraction of sp³-hybridized carbons (Fsp3) is 0.500. The summed E-state index contributed by atoms with van der Waals surface area (Å²) in [5.41, 5.74) is 1.35. The molecule has 84 valence electrons. The van der Waals surface area contributed by atoms with Gasteiger partial charge in [-0.25, -0.2) is 0 Å². The quantitative estimate of drug-likeness (QED) is 0.720. The average Bonchev–Trinajstić information content (AvgIpc) is 2.29. The average molecular weight is 225 g/mol. The Morgan fingerprint density at radius 1 is 1.33 bits per heavy atom. The van der Waals surface area contributed by atoms with E-state index in [4.69, 9.17) is 4.74 Å². The van der Waals surface area contributed by atoms with Crippen LogP contribution in [0, 0.1) is 0 Å². The third-order valence-corrected chi connectivity index (χ3v) is 2.90. The smallest absolute Gasteiger partial charge is 0.0587 e. The molecule has 1 unspecified atom stereocenters. The first-order chi connectivity index (χ1) is 7.38. The van der Waals surface area contributed by atoms with Crippen molar-refractivity contribution in [2.75, 3.05) is 32.3 Å². The molecule has 0 aliphatic carbocycles. The third kappa shape index (κ3) is 4.69. The maximum atomic E-state index is 5.04. The van der Waals surface area contributed by atoms with Crippen LogP contribution in [-0.4, -0.2) is 32.3 Å². The first-order valence-electron chi connectivity index (χ1n) is 5.14. The van der Waals surface area contributed by atoms with Crippen molar-refractivity contribution < 1.29 is 4.74 Å². The molecule has 0 fully saturated rings. The second kappa shape index (κ2) is 7.74. The van der Waals surface area contributed by atoms with Crippen molar-refractivity contribution >= 4 is 11.8 Å². The Labute approximate surface area is 96.4 Å². The second-order valence-corrected chi connectivity index (χ2v) is 4.28. The number of nitrogens with one attached hydrogen (secondary N) is 1. The van der Waals surface area contributed by atoms with Crippen LogP contribution in [0.4, 0.5) is 0 Å². The minimum atomic E-state index is 0.427. The highest BCUT2D eigenvalue weighted by atomic mass is 32.2. The Bertz CT molecular complexity index is 253. The number of rotatable bonds is 7. The molecule has 0 heterocycles. The van der Waals surface area contributed by atoms with Crippen molar-refractivity contribution in [1.82, 2.24) is 5.32 Å². The molecule has 1 atom stereocenters. The van der Waals surface area contributed by atoms with Gasteiger partial charge in [-0.3, -0.25) is 0 Å². The van der Waals surface area contributed by atoms with Gasteiger partial charge in [-0.15, -0.1) is 0 Å². The fourth-order valence-corrected chi connectivity index (χ4v) is 2.10. The zero-order valence-electron chi connectivity index (χ0n) is 9.40. The van der Waals surface area contributed by atoms with Gasteiger partial charge in [-0.2, -0.15) is 11.8 Å². The van der Waals surface area contributed by atoms with Crippen LogP contribution >= 0.6 is 11.8 Å². The normalized spacial score (nSPS) is 12.7. The van der Waals surface area contributed by atoms with Crippen LogP contribution in [-0.2, 0) is 4.74 Å². The molecule has 1 aromatic rings. The summed E-state index contributed by atoms with van der Waals surface area (Å²) in [5.74, 6) is 1.09. The molecular formula is C12H19NOS. The zero-order chi connectivity index (χ0) is 10.9. The van der Waals surface area contributed by atoms with Gasteiger partial charge in [-0.1, -0.05) is 30.3 Å². The van der Waals surface area contributed by atoms with E-state index < -0.39 is 0 Å². The van der Waals surface area contributed by atoms with E-state index in [1.807, 2.05) is 11.8 Å². The van der Waals surface area contributed by atoms with Gasteiger partial charge in [0.25, 0.3) is 0 Å². The molecule has 0 spiro atoms. The first-order valence-corrected chi connectivity index (χ1v) is 6.54. The van der Waals surface area contributed by atoms with Gasteiger partial charge in [0.1, 0.15) is 0 Å². The van der Waals surface area contributed by atoms with Crippen molar-refractivity contribution in [3.8, 4) is 0 Å². The maximum Gasteiger partial charge on any atom is 0.0587 e. The highest BCUT2D eigenvalue weighted by Gasteiger charge is 2.08. The van der Waals surface area contributed by atoms with Crippen LogP contribution in [0.15, 0.2) is 30.3 Å². The molecule has 0 bridgehead atoms. The number of hydrogen-bond acceptors (Lipinski definition) is 3. The van der Waals surface area contributed by atoms with E-state index in [1.165, 1.54) is 5.56 Å². The summed E-state index contributed by atoms with van der Waals surface area (Å²) in [6, 6.07) is 11.0. The lowest BCUT2D eigenvalue weighted by Crippen LogP contribution is -2.26. The van der Waals surface area contributed by atoms with Gasteiger partial charge in [-0.05, 0) is 11.8 Å². The molecule has 2 nitrogen and oxygen atoms in total. The molecule has 15 heavy (non-hydrogen) atoms. The molecule has 0 aliphatic heterocycles. The Hall–Kier alpha value is -0.510. The number of methoxy groups -OCH3 is 1. The molecule has 0 aromatic heterocycles. The monoisotopic (exact) mass is 225 g/mol. The lowest BCUT2D eigenvalue weighted by atomic mass is 10.1. The van der Waals surface area contributed by atoms with Gasteiger partial charge in [0, 0.05) is 25.4 Å². The molecule has 0 radical (unpaired) electrons. The van der Waals surface area contributed by atoms with E-state index in [2.05, 4.69) is 41.9 Å². The Balaban J connectivity index is 2.50. The molecule has 0 amide bonds. The van der Waals surface area contributed by atoms with E-state index in [1.54, 1.807) is 7.11 Å². The molecule has 1 N–H and O–H groups in total. The maximum absolute atomic E-state index is 5.04. The van der Waals surface area contributed by atoms with E-state index in [0.717, 1.165) is 18.9 Å². The van der Waals surface area contributed by atoms with Gasteiger partial charge >= 0.3 is 0 Å². The minimum absolute atomic E-state index is 0.427. The zero-order valence-corrected chi connectivity index (χ0v) is 10.2. The van der Waals surface area contributed by atoms with Gasteiger partial charge in [0.15, 0.2) is 0 Å². The lowest BCUT2D eigenvalue weighted by molar-refractivity contribution is 0.196. The second-order valence-electron chi connectivity index (χ2n) is 3.37. The van der Waals surface area contributed by atoms with Crippen molar-refractivity contribution in [3.05, 3.63) is 35.9 Å². The fourth-order valence-electron chi connectivity index (χ4n) is 1.46. The van der Waals surface area contributed by atoms with Crippen LogP contribution in [0.25, 0.3) is 0 Å². The standard InChI is InChI=1S/C12H19NOS/c1-14-9-8-13-12(10-15-2)11-6-4-3-5-7-11/h3-7,12-13H,8-10H2,1-2H3. The number of benzene rings is 1. The SMILES string of the molecule is COCCNC(CSC)c1ccccc1. The largest absolute Gasteiger partial charge is 0.383 e. The highest BCUT2D eigenvalue weighted by molar-refractivity contribution is 7.98. The van der Waals surface area contributed by atoms with Crippen molar-refractivity contribution in [3.63, 3.8) is 0 Å².